The van der Waals surface area contributed by atoms with Gasteiger partial charge in [0.15, 0.2) is 6.10 Å². The van der Waals surface area contributed by atoms with Crippen LogP contribution in [0.5, 0.6) is 5.75 Å². The van der Waals surface area contributed by atoms with Gasteiger partial charge < -0.3 is 14.5 Å². The topological polar surface area (TPSA) is 77.2 Å². The molecular weight excluding hydrogens is 433 g/mol. The number of thioether (sulfide) groups is 1. The molecule has 0 aliphatic carbocycles. The molecule has 3 rings (SSSR count). The number of halogens is 2. The number of amides is 1. The van der Waals surface area contributed by atoms with E-state index in [2.05, 4.69) is 15.5 Å². The van der Waals surface area contributed by atoms with Crippen LogP contribution in [-0.4, -0.2) is 28.4 Å². The van der Waals surface area contributed by atoms with E-state index in [4.69, 9.17) is 32.4 Å². The summed E-state index contributed by atoms with van der Waals surface area (Å²) < 4.78 is 11.3. The molecule has 1 aromatic heterocycles. The first-order chi connectivity index (χ1) is 14.0. The molecule has 3 aromatic rings. The van der Waals surface area contributed by atoms with Crippen molar-refractivity contribution in [2.45, 2.75) is 24.7 Å². The van der Waals surface area contributed by atoms with Gasteiger partial charge in [-0.25, -0.2) is 0 Å². The van der Waals surface area contributed by atoms with Crippen molar-refractivity contribution in [3.8, 4) is 5.75 Å². The highest BCUT2D eigenvalue weighted by Crippen LogP contribution is 2.31. The zero-order chi connectivity index (χ0) is 20.6. The summed E-state index contributed by atoms with van der Waals surface area (Å²) in [5, 5.41) is 12.0. The number of hydrogen-bond acceptors (Lipinski definition) is 6. The van der Waals surface area contributed by atoms with E-state index in [0.717, 1.165) is 6.42 Å². The summed E-state index contributed by atoms with van der Waals surface area (Å²) >= 11 is 13.2. The van der Waals surface area contributed by atoms with Gasteiger partial charge in [0.2, 0.25) is 5.91 Å². The van der Waals surface area contributed by atoms with E-state index in [0.29, 0.717) is 33.5 Å². The van der Waals surface area contributed by atoms with Gasteiger partial charge in [-0.1, -0.05) is 65.3 Å². The molecule has 0 aliphatic heterocycles. The van der Waals surface area contributed by atoms with Crippen molar-refractivity contribution in [1.82, 2.24) is 15.5 Å². The Morgan fingerprint density at radius 3 is 2.76 bits per heavy atom. The second-order valence-corrected chi connectivity index (χ2v) is 7.89. The van der Waals surface area contributed by atoms with Gasteiger partial charge >= 0.3 is 0 Å². The Kier molecular flexibility index (Phi) is 7.80. The van der Waals surface area contributed by atoms with Crippen LogP contribution in [-0.2, 0) is 11.2 Å². The van der Waals surface area contributed by atoms with Crippen LogP contribution in [0.25, 0.3) is 0 Å². The maximum Gasteiger partial charge on any atom is 0.277 e. The Morgan fingerprint density at radius 2 is 2.00 bits per heavy atom. The van der Waals surface area contributed by atoms with Crippen LogP contribution in [0.3, 0.4) is 0 Å². The van der Waals surface area contributed by atoms with Gasteiger partial charge in [0, 0.05) is 11.6 Å². The van der Waals surface area contributed by atoms with Crippen LogP contribution in [0, 0.1) is 0 Å². The van der Waals surface area contributed by atoms with Crippen molar-refractivity contribution in [2.24, 2.45) is 0 Å². The monoisotopic (exact) mass is 451 g/mol. The fourth-order valence-corrected chi connectivity index (χ4v) is 3.48. The number of ether oxygens (including phenoxy) is 1. The van der Waals surface area contributed by atoms with Crippen molar-refractivity contribution in [3.63, 3.8) is 0 Å². The Balaban J connectivity index is 1.44. The van der Waals surface area contributed by atoms with Crippen LogP contribution in [0.4, 0.5) is 0 Å². The smallest absolute Gasteiger partial charge is 0.277 e. The van der Waals surface area contributed by atoms with E-state index in [1.807, 2.05) is 30.3 Å². The Bertz CT molecular complexity index is 953. The number of nitrogens with zero attached hydrogens (tertiary/aromatic N) is 2. The lowest BCUT2D eigenvalue weighted by Gasteiger charge is -2.12. The van der Waals surface area contributed by atoms with Gasteiger partial charge in [0.1, 0.15) is 5.75 Å². The molecule has 0 aliphatic rings. The van der Waals surface area contributed by atoms with Gasteiger partial charge in [-0.3, -0.25) is 4.79 Å². The Labute approximate surface area is 182 Å². The largest absolute Gasteiger partial charge is 0.479 e. The van der Waals surface area contributed by atoms with Crippen molar-refractivity contribution < 1.29 is 13.9 Å². The number of carbonyl (C=O) groups is 1. The molecule has 2 aromatic carbocycles. The van der Waals surface area contributed by atoms with Crippen molar-refractivity contribution in [2.75, 3.05) is 12.3 Å². The van der Waals surface area contributed by atoms with E-state index in [9.17, 15) is 4.79 Å². The predicted octanol–water partition coefficient (Wildman–Crippen LogP) is 4.97. The fraction of sp³-hybridized carbons (Fsp3) is 0.250. The van der Waals surface area contributed by atoms with E-state index in [1.54, 1.807) is 25.1 Å². The van der Waals surface area contributed by atoms with Crippen LogP contribution in [0.2, 0.25) is 10.0 Å². The molecule has 1 heterocycles. The molecule has 29 heavy (non-hydrogen) atoms. The second kappa shape index (κ2) is 10.5. The molecule has 0 bridgehead atoms. The molecule has 0 spiro atoms. The van der Waals surface area contributed by atoms with E-state index in [1.165, 1.54) is 17.3 Å². The lowest BCUT2D eigenvalue weighted by Crippen LogP contribution is -2.27. The van der Waals surface area contributed by atoms with Crippen LogP contribution < -0.4 is 10.1 Å². The molecule has 0 fully saturated rings. The quantitative estimate of drug-likeness (QED) is 0.462. The molecular formula is C20H19Cl2N3O3S. The van der Waals surface area contributed by atoms with E-state index >= 15 is 0 Å². The highest BCUT2D eigenvalue weighted by atomic mass is 35.5. The number of benzene rings is 2. The average molecular weight is 452 g/mol. The summed E-state index contributed by atoms with van der Waals surface area (Å²) in [6.07, 6.45) is 0.277. The average Bonchev–Trinajstić information content (AvgIpc) is 3.19. The van der Waals surface area contributed by atoms with Crippen molar-refractivity contribution >= 4 is 40.9 Å². The van der Waals surface area contributed by atoms with Gasteiger partial charge in [-0.05, 0) is 37.1 Å². The minimum atomic E-state index is -0.504. The zero-order valence-corrected chi connectivity index (χ0v) is 17.9. The van der Waals surface area contributed by atoms with Gasteiger partial charge in [0.25, 0.3) is 11.1 Å². The lowest BCUT2D eigenvalue weighted by atomic mass is 10.1. The first-order valence-electron chi connectivity index (χ1n) is 8.90. The predicted molar refractivity (Wildman–Crippen MR) is 114 cm³/mol. The third-order valence-electron chi connectivity index (χ3n) is 3.87. The molecule has 1 amide bonds. The van der Waals surface area contributed by atoms with Gasteiger partial charge in [-0.15, -0.1) is 10.2 Å². The highest BCUT2D eigenvalue weighted by Gasteiger charge is 2.18. The molecule has 0 saturated carbocycles. The summed E-state index contributed by atoms with van der Waals surface area (Å²) in [5.74, 6) is 0.856. The summed E-state index contributed by atoms with van der Waals surface area (Å²) in [6.45, 7) is 2.34. The third-order valence-corrected chi connectivity index (χ3v) is 5.22. The van der Waals surface area contributed by atoms with Crippen molar-refractivity contribution in [3.05, 3.63) is 70.0 Å². The third kappa shape index (κ3) is 6.66. The SMILES string of the molecule is C[C@@H](Oc1ccc(Cl)cc1Cl)c1nnc(SCC(=O)NCCc2ccccc2)o1. The Hall–Kier alpha value is -2.22. The summed E-state index contributed by atoms with van der Waals surface area (Å²) in [6, 6.07) is 14.9. The van der Waals surface area contributed by atoms with E-state index < -0.39 is 6.10 Å². The summed E-state index contributed by atoms with van der Waals surface area (Å²) in [5.41, 5.74) is 1.18. The molecule has 0 saturated heterocycles. The molecule has 0 radical (unpaired) electrons. The second-order valence-electron chi connectivity index (χ2n) is 6.12. The molecule has 152 valence electrons. The summed E-state index contributed by atoms with van der Waals surface area (Å²) in [4.78, 5) is 12.0. The van der Waals surface area contributed by atoms with E-state index in [-0.39, 0.29) is 11.7 Å². The molecule has 6 nitrogen and oxygen atoms in total. The van der Waals surface area contributed by atoms with Crippen LogP contribution in [0.15, 0.2) is 58.2 Å². The standard InChI is InChI=1S/C20H19Cl2N3O3S/c1-13(27-17-8-7-15(21)11-16(17)22)19-24-25-20(28-19)29-12-18(26)23-10-9-14-5-3-2-4-6-14/h2-8,11,13H,9-10,12H2,1H3,(H,23,26)/t13-/m1/s1. The normalized spacial score (nSPS) is 11.8. The number of carbonyl (C=O) groups excluding carboxylic acids is 1. The minimum Gasteiger partial charge on any atom is -0.479 e. The Morgan fingerprint density at radius 1 is 1.21 bits per heavy atom. The maximum absolute atomic E-state index is 12.0. The van der Waals surface area contributed by atoms with Gasteiger partial charge in [0.05, 0.1) is 10.8 Å². The molecule has 0 unspecified atom stereocenters. The molecule has 9 heteroatoms. The maximum atomic E-state index is 12.0. The van der Waals surface area contributed by atoms with Crippen molar-refractivity contribution in [1.29, 1.82) is 0 Å². The highest BCUT2D eigenvalue weighted by molar-refractivity contribution is 7.99. The molecule has 1 N–H and O–H groups in total. The van der Waals surface area contributed by atoms with Crippen LogP contribution >= 0.6 is 35.0 Å². The zero-order valence-electron chi connectivity index (χ0n) is 15.6. The van der Waals surface area contributed by atoms with Crippen LogP contribution in [0.1, 0.15) is 24.5 Å². The number of rotatable bonds is 9. The first kappa shape index (κ1) is 21.5. The fourth-order valence-electron chi connectivity index (χ4n) is 2.42. The molecule has 1 atom stereocenters. The number of nitrogens with one attached hydrogen (secondary N) is 1. The lowest BCUT2D eigenvalue weighted by molar-refractivity contribution is -0.118. The summed E-state index contributed by atoms with van der Waals surface area (Å²) in [7, 11) is 0. The number of aromatic nitrogens is 2. The minimum absolute atomic E-state index is 0.0945. The first-order valence-corrected chi connectivity index (χ1v) is 10.6. The number of hydrogen-bond donors (Lipinski definition) is 1. The van der Waals surface area contributed by atoms with Gasteiger partial charge in [-0.2, -0.15) is 0 Å².